The van der Waals surface area contributed by atoms with Crippen LogP contribution >= 0.6 is 0 Å². The summed E-state index contributed by atoms with van der Waals surface area (Å²) in [5.41, 5.74) is 22.7. The summed E-state index contributed by atoms with van der Waals surface area (Å²) in [7, 11) is 0. The van der Waals surface area contributed by atoms with E-state index in [0.29, 0.717) is 16.7 Å². The number of benzene rings is 22. The normalized spacial score (nSPS) is 13.3. The molecule has 25 rings (SSSR count). The summed E-state index contributed by atoms with van der Waals surface area (Å²) in [4.78, 5) is 0. The van der Waals surface area contributed by atoms with E-state index < -0.39 is 18.1 Å². The molecular weight excluding hydrogens is 1490 g/mol. The van der Waals surface area contributed by atoms with E-state index in [1.54, 1.807) is 0 Å². The number of hydrogen-bond donors (Lipinski definition) is 0. The molecule has 0 aliphatic heterocycles. The number of fused-ring (bicyclic) bond motifs is 15. The van der Waals surface area contributed by atoms with Gasteiger partial charge in [-0.15, -0.1) is 0 Å². The topological polar surface area (TPSA) is 39.4 Å². The molecule has 3 heteroatoms. The van der Waals surface area contributed by atoms with Crippen LogP contribution < -0.4 is 0 Å². The van der Waals surface area contributed by atoms with Gasteiger partial charge in [-0.1, -0.05) is 418 Å². The molecule has 3 nitrogen and oxygen atoms in total. The van der Waals surface area contributed by atoms with Gasteiger partial charge in [0.05, 0.1) is 20.6 Å². The molecule has 0 spiro atoms. The minimum atomic E-state index is -0.399. The lowest BCUT2D eigenvalue weighted by Gasteiger charge is -2.18. The molecule has 0 amide bonds. The Morgan fingerprint density at radius 3 is 0.797 bits per heavy atom. The standard InChI is InChI=1S/C44H28O.2C38H24O/c1-3-13-29(14-4-1)33-27-28-40-44(38-21-11-12-22-39(38)45-40)43(33)32-25-23-31(24-26-32)42-36-19-9-7-17-34(36)41(30-15-5-2-6-16-30)35-18-8-10-20-37(35)42;1-2-11-26(12-3-1)36-29-13-4-6-15-31(29)37(32-16-7-5-14-30(32)36)27-23-21-25(22-24-27)28-18-10-20-35-38(28)33-17-8-9-19-34(33)39-35;1-2-10-26(11-3-1)37-30-13-4-6-15-32(30)38(33-16-7-5-14-31(33)37)27-20-18-25(19-21-27)28-22-23-36-34(24-28)29-12-8-9-17-35(29)39-36/h1-28H;2*1-24H/i2D,5D,6D,15D,16D;1D,2D,3D,11D,12D;1D,2D,3D,10D,11D. The van der Waals surface area contributed by atoms with Gasteiger partial charge in [-0.3, -0.25) is 0 Å². The van der Waals surface area contributed by atoms with E-state index in [2.05, 4.69) is 158 Å². The second-order valence-electron chi connectivity index (χ2n) is 30.7. The van der Waals surface area contributed by atoms with E-state index in [1.807, 2.05) is 212 Å². The van der Waals surface area contributed by atoms with Crippen molar-refractivity contribution in [3.8, 4) is 111 Å². The minimum absolute atomic E-state index is 0.203. The van der Waals surface area contributed by atoms with Crippen LogP contribution in [0.4, 0.5) is 0 Å². The summed E-state index contributed by atoms with van der Waals surface area (Å²) in [5.74, 6) is 0. The van der Waals surface area contributed by atoms with Crippen LogP contribution in [0.25, 0.3) is 242 Å². The van der Waals surface area contributed by atoms with Gasteiger partial charge < -0.3 is 13.3 Å². The highest BCUT2D eigenvalue weighted by Gasteiger charge is 2.24. The fourth-order valence-corrected chi connectivity index (χ4v) is 18.6. The zero-order valence-electron chi connectivity index (χ0n) is 80.9. The maximum atomic E-state index is 8.84. The van der Waals surface area contributed by atoms with E-state index in [4.69, 9.17) is 33.8 Å². The summed E-state index contributed by atoms with van der Waals surface area (Å²) in [6.45, 7) is 0. The summed E-state index contributed by atoms with van der Waals surface area (Å²) in [6.07, 6.45) is 0. The first-order chi connectivity index (χ1) is 67.3. The molecule has 0 N–H and O–H groups in total. The molecule has 0 aliphatic carbocycles. The molecule has 25 aromatic rings. The molecule has 3 aromatic heterocycles. The molecule has 0 saturated heterocycles. The monoisotopic (exact) mass is 1580 g/mol. The van der Waals surface area contributed by atoms with Crippen LogP contribution in [0.3, 0.4) is 0 Å². The molecular formula is C120H76O3. The molecule has 0 saturated carbocycles. The summed E-state index contributed by atoms with van der Waals surface area (Å²) < 4.78 is 146. The first-order valence-corrected chi connectivity index (χ1v) is 40.9. The van der Waals surface area contributed by atoms with Gasteiger partial charge in [0.2, 0.25) is 0 Å². The van der Waals surface area contributed by atoms with Crippen LogP contribution in [0.15, 0.2) is 474 Å². The number of rotatable bonds is 10. The van der Waals surface area contributed by atoms with E-state index in [0.717, 1.165) is 208 Å². The summed E-state index contributed by atoms with van der Waals surface area (Å²) in [5, 5.41) is 17.2. The third kappa shape index (κ3) is 12.6. The highest BCUT2D eigenvalue weighted by molar-refractivity contribution is 6.25. The number of hydrogen-bond acceptors (Lipinski definition) is 3. The molecule has 0 fully saturated rings. The van der Waals surface area contributed by atoms with Crippen molar-refractivity contribution in [3.63, 3.8) is 0 Å². The third-order valence-electron chi connectivity index (χ3n) is 23.9. The molecule has 0 bridgehead atoms. The summed E-state index contributed by atoms with van der Waals surface area (Å²) >= 11 is 0. The predicted molar refractivity (Wildman–Crippen MR) is 521 cm³/mol. The Balaban J connectivity index is 0.000000116. The molecule has 574 valence electrons. The number of furan rings is 3. The van der Waals surface area contributed by atoms with Crippen LogP contribution in [0, 0.1) is 0 Å². The van der Waals surface area contributed by atoms with Gasteiger partial charge in [0.15, 0.2) is 0 Å². The molecule has 0 aliphatic rings. The molecule has 3 heterocycles. The Morgan fingerprint density at radius 2 is 0.398 bits per heavy atom. The first kappa shape index (κ1) is 57.8. The second-order valence-corrected chi connectivity index (χ2v) is 30.7. The van der Waals surface area contributed by atoms with E-state index in [-0.39, 0.29) is 89.2 Å². The van der Waals surface area contributed by atoms with Gasteiger partial charge in [0, 0.05) is 37.9 Å². The largest absolute Gasteiger partial charge is 0.456 e. The van der Waals surface area contributed by atoms with Crippen LogP contribution in [0.2, 0.25) is 0 Å². The van der Waals surface area contributed by atoms with Crippen molar-refractivity contribution in [1.82, 2.24) is 0 Å². The first-order valence-electron chi connectivity index (χ1n) is 48.4. The molecule has 123 heavy (non-hydrogen) atoms. The van der Waals surface area contributed by atoms with E-state index >= 15 is 0 Å². The maximum absolute atomic E-state index is 8.84. The fourth-order valence-electron chi connectivity index (χ4n) is 18.6. The Hall–Kier alpha value is -16.2. The zero-order valence-corrected chi connectivity index (χ0v) is 65.9. The van der Waals surface area contributed by atoms with Crippen LogP contribution in [-0.2, 0) is 0 Å². The minimum Gasteiger partial charge on any atom is -0.456 e. The fraction of sp³-hybridized carbons (Fsp3) is 0. The third-order valence-corrected chi connectivity index (χ3v) is 23.9. The Bertz CT molecular complexity index is 9130. The average molecular weight is 1580 g/mol. The van der Waals surface area contributed by atoms with Crippen molar-refractivity contribution in [2.24, 2.45) is 0 Å². The smallest absolute Gasteiger partial charge is 0.136 e. The van der Waals surface area contributed by atoms with Crippen molar-refractivity contribution in [2.45, 2.75) is 0 Å². The predicted octanol–water partition coefficient (Wildman–Crippen LogP) is 34.3. The SMILES string of the molecule is [2H]c1c([2H])c([2H])c(-c2c3ccccc3c(-c3ccc(-c4c(-c5ccccc5)ccc5oc6ccccc6c45)cc3)c3ccccc23)c([2H])c1[2H].[2H]c1c([2H])c([2H])c(-c2c3ccccc3c(-c3ccc(-c4ccc5oc6ccccc6c5c4)cc3)c3ccccc23)c([2H])c1[2H].[2H]c1c([2H])c([2H])c(-c2c3ccccc3c(-c3ccc(-c4cccc5oc6ccccc6c45)cc3)c3ccccc23)c([2H])c1[2H]. The maximum Gasteiger partial charge on any atom is 0.136 e. The quantitative estimate of drug-likeness (QED) is 0.128. The Kier molecular flexibility index (Phi) is 14.4. The van der Waals surface area contributed by atoms with Crippen LogP contribution in [0.1, 0.15) is 20.6 Å². The molecule has 0 unspecified atom stereocenters. The van der Waals surface area contributed by atoms with Crippen molar-refractivity contribution in [2.75, 3.05) is 0 Å². The summed E-state index contributed by atoms with van der Waals surface area (Å²) in [6, 6.07) is 120. The molecule has 0 radical (unpaired) electrons. The Labute approximate surface area is 732 Å². The Morgan fingerprint density at radius 1 is 0.138 bits per heavy atom. The lowest BCUT2D eigenvalue weighted by molar-refractivity contribution is 0.668. The van der Waals surface area contributed by atoms with Gasteiger partial charge in [-0.2, -0.15) is 0 Å². The lowest BCUT2D eigenvalue weighted by Crippen LogP contribution is -1.91. The van der Waals surface area contributed by atoms with Gasteiger partial charge in [0.1, 0.15) is 33.5 Å². The average Bonchev–Trinajstić information content (AvgIpc) is 1.03. The highest BCUT2D eigenvalue weighted by atomic mass is 16.3. The molecule has 22 aromatic carbocycles. The van der Waals surface area contributed by atoms with Crippen LogP contribution in [0.5, 0.6) is 0 Å². The zero-order chi connectivity index (χ0) is 94.3. The van der Waals surface area contributed by atoms with Gasteiger partial charge >= 0.3 is 0 Å². The van der Waals surface area contributed by atoms with Crippen molar-refractivity contribution in [3.05, 3.63) is 461 Å². The van der Waals surface area contributed by atoms with Gasteiger partial charge in [0.25, 0.3) is 0 Å². The lowest BCUT2D eigenvalue weighted by atomic mass is 9.85. The molecule has 0 atom stereocenters. The van der Waals surface area contributed by atoms with Gasteiger partial charge in [-0.05, 0) is 213 Å². The van der Waals surface area contributed by atoms with Crippen LogP contribution in [-0.4, -0.2) is 0 Å². The highest BCUT2D eigenvalue weighted by Crippen LogP contribution is 2.51. The van der Waals surface area contributed by atoms with Crippen molar-refractivity contribution in [1.29, 1.82) is 0 Å². The second kappa shape index (κ2) is 30.6. The van der Waals surface area contributed by atoms with E-state index in [9.17, 15) is 0 Å². The van der Waals surface area contributed by atoms with E-state index in [1.165, 1.54) is 0 Å². The van der Waals surface area contributed by atoms with Crippen molar-refractivity contribution >= 4 is 130 Å². The number of para-hydroxylation sites is 3. The van der Waals surface area contributed by atoms with Crippen molar-refractivity contribution < 1.29 is 33.8 Å². The van der Waals surface area contributed by atoms with Gasteiger partial charge in [-0.25, -0.2) is 0 Å².